The van der Waals surface area contributed by atoms with Crippen molar-refractivity contribution in [3.05, 3.63) is 105 Å². The largest absolute Gasteiger partial charge is 0.459 e. The fraction of sp³-hybridized carbons (Fsp3) is 0.0833. The Hall–Kier alpha value is -2.38. The molecule has 160 valence electrons. The molecule has 0 amide bonds. The van der Waals surface area contributed by atoms with Gasteiger partial charge in [0.1, 0.15) is 17.6 Å². The molecule has 4 aromatic rings. The summed E-state index contributed by atoms with van der Waals surface area (Å²) in [6, 6.07) is 22.8. The zero-order chi connectivity index (χ0) is 22.2. The summed E-state index contributed by atoms with van der Waals surface area (Å²) < 4.78 is 7.34. The van der Waals surface area contributed by atoms with Gasteiger partial charge in [0.25, 0.3) is 0 Å². The van der Waals surface area contributed by atoms with E-state index in [0.29, 0.717) is 20.9 Å². The van der Waals surface area contributed by atoms with Crippen LogP contribution in [0.15, 0.2) is 87.9 Å². The van der Waals surface area contributed by atoms with Gasteiger partial charge in [-0.15, -0.1) is 0 Å². The normalized spacial score (nSPS) is 18.1. The number of thiocarbonyl (C=S) groups is 1. The van der Waals surface area contributed by atoms with E-state index in [1.54, 1.807) is 12.3 Å². The van der Waals surface area contributed by atoms with Crippen LogP contribution in [0.25, 0.3) is 11.3 Å². The van der Waals surface area contributed by atoms with Crippen molar-refractivity contribution < 1.29 is 4.42 Å². The van der Waals surface area contributed by atoms with Crippen LogP contribution in [0.1, 0.15) is 23.5 Å². The van der Waals surface area contributed by atoms with Gasteiger partial charge >= 0.3 is 0 Å². The van der Waals surface area contributed by atoms with Crippen molar-refractivity contribution in [2.24, 2.45) is 0 Å². The molecule has 32 heavy (non-hydrogen) atoms. The first-order valence-electron chi connectivity index (χ1n) is 9.83. The highest BCUT2D eigenvalue weighted by molar-refractivity contribution is 9.10. The lowest BCUT2D eigenvalue weighted by atomic mass is 10.0. The summed E-state index contributed by atoms with van der Waals surface area (Å²) >= 11 is 21.9. The Morgan fingerprint density at radius 1 is 0.969 bits per heavy atom. The van der Waals surface area contributed by atoms with Gasteiger partial charge in [-0.3, -0.25) is 4.98 Å². The highest BCUT2D eigenvalue weighted by atomic mass is 79.9. The van der Waals surface area contributed by atoms with E-state index >= 15 is 0 Å². The molecule has 4 nitrogen and oxygen atoms in total. The summed E-state index contributed by atoms with van der Waals surface area (Å²) in [5.41, 5.74) is 2.56. The Labute approximate surface area is 209 Å². The molecule has 0 unspecified atom stereocenters. The van der Waals surface area contributed by atoms with Crippen LogP contribution in [0.3, 0.4) is 0 Å². The SMILES string of the molecule is S=C1N[C@@H](c2ccccn2)[C@H](c2ccc(-c3cccc(Cl)c3Cl)o2)N1c1ccc(Br)cc1. The second kappa shape index (κ2) is 8.87. The number of rotatable bonds is 4. The molecule has 0 spiro atoms. The van der Waals surface area contributed by atoms with Crippen LogP contribution in [0.5, 0.6) is 0 Å². The number of benzene rings is 2. The van der Waals surface area contributed by atoms with E-state index in [1.165, 1.54) is 0 Å². The van der Waals surface area contributed by atoms with Crippen LogP contribution in [-0.4, -0.2) is 10.1 Å². The first kappa shape index (κ1) is 21.5. The molecule has 2 atom stereocenters. The molecule has 1 aliphatic heterocycles. The first-order valence-corrected chi connectivity index (χ1v) is 11.8. The Morgan fingerprint density at radius 3 is 2.53 bits per heavy atom. The molecule has 5 rings (SSSR count). The van der Waals surface area contributed by atoms with E-state index in [9.17, 15) is 0 Å². The third-order valence-corrected chi connectivity index (χ3v) is 7.00. The number of anilines is 1. The predicted molar refractivity (Wildman–Crippen MR) is 136 cm³/mol. The molecular weight excluding hydrogens is 529 g/mol. The zero-order valence-electron chi connectivity index (χ0n) is 16.5. The van der Waals surface area contributed by atoms with Gasteiger partial charge in [-0.25, -0.2) is 0 Å². The maximum atomic E-state index is 6.43. The average molecular weight is 545 g/mol. The monoisotopic (exact) mass is 543 g/mol. The standard InChI is InChI=1S/C24H16BrCl2N3OS/c25-14-7-9-15(10-8-14)30-23(22(29-24(30)32)18-6-1-2-13-28-18)20-12-11-19(31-20)16-4-3-5-17(26)21(16)27/h1-13,22-23H,(H,29,32)/t22-,23-/m0/s1. The lowest BCUT2D eigenvalue weighted by Crippen LogP contribution is -2.29. The highest BCUT2D eigenvalue weighted by Gasteiger charge is 2.42. The summed E-state index contributed by atoms with van der Waals surface area (Å²) in [6.45, 7) is 0. The molecule has 0 radical (unpaired) electrons. The lowest BCUT2D eigenvalue weighted by molar-refractivity contribution is 0.439. The van der Waals surface area contributed by atoms with Crippen molar-refractivity contribution in [2.75, 3.05) is 4.90 Å². The number of nitrogens with zero attached hydrogens (tertiary/aromatic N) is 2. The number of pyridine rings is 1. The second-order valence-electron chi connectivity index (χ2n) is 7.28. The van der Waals surface area contributed by atoms with E-state index in [1.807, 2.05) is 66.7 Å². The molecule has 2 aromatic carbocycles. The Kier molecular flexibility index (Phi) is 5.95. The molecule has 2 aromatic heterocycles. The summed E-state index contributed by atoms with van der Waals surface area (Å²) in [7, 11) is 0. The molecule has 0 saturated carbocycles. The lowest BCUT2D eigenvalue weighted by Gasteiger charge is -2.26. The van der Waals surface area contributed by atoms with Crippen LogP contribution in [0.2, 0.25) is 10.0 Å². The minimum Gasteiger partial charge on any atom is -0.459 e. The van der Waals surface area contributed by atoms with Crippen LogP contribution in [-0.2, 0) is 0 Å². The third kappa shape index (κ3) is 3.92. The van der Waals surface area contributed by atoms with E-state index in [-0.39, 0.29) is 12.1 Å². The Balaban J connectivity index is 1.61. The number of hydrogen-bond acceptors (Lipinski definition) is 3. The van der Waals surface area contributed by atoms with Gasteiger partial charge in [0, 0.05) is 21.9 Å². The minimum atomic E-state index is -0.245. The van der Waals surface area contributed by atoms with Crippen LogP contribution in [0, 0.1) is 0 Å². The molecule has 1 fully saturated rings. The number of aromatic nitrogens is 1. The van der Waals surface area contributed by atoms with Crippen molar-refractivity contribution in [1.29, 1.82) is 0 Å². The molecule has 1 aliphatic rings. The number of nitrogens with one attached hydrogen (secondary N) is 1. The van der Waals surface area contributed by atoms with Crippen LogP contribution < -0.4 is 10.2 Å². The Bertz CT molecular complexity index is 1280. The van der Waals surface area contributed by atoms with Crippen LogP contribution >= 0.6 is 51.3 Å². The van der Waals surface area contributed by atoms with Gasteiger partial charge in [0.2, 0.25) is 0 Å². The molecule has 0 bridgehead atoms. The predicted octanol–water partition coefficient (Wildman–Crippen LogP) is 7.59. The summed E-state index contributed by atoms with van der Waals surface area (Å²) in [5, 5.41) is 4.97. The zero-order valence-corrected chi connectivity index (χ0v) is 20.4. The maximum Gasteiger partial charge on any atom is 0.174 e. The van der Waals surface area contributed by atoms with Gasteiger partial charge in [-0.2, -0.15) is 0 Å². The molecule has 1 saturated heterocycles. The molecule has 0 aliphatic carbocycles. The van der Waals surface area contributed by atoms with E-state index in [0.717, 1.165) is 27.2 Å². The van der Waals surface area contributed by atoms with Crippen LogP contribution in [0.4, 0.5) is 5.69 Å². The molecular formula is C24H16BrCl2N3OS. The van der Waals surface area contributed by atoms with Gasteiger partial charge in [-0.1, -0.05) is 51.3 Å². The van der Waals surface area contributed by atoms with Crippen molar-refractivity contribution >= 4 is 62.1 Å². The fourth-order valence-electron chi connectivity index (χ4n) is 3.87. The second-order valence-corrected chi connectivity index (χ2v) is 9.36. The van der Waals surface area contributed by atoms with E-state index < -0.39 is 0 Å². The molecule has 3 heterocycles. The third-order valence-electron chi connectivity index (χ3n) is 5.34. The topological polar surface area (TPSA) is 41.3 Å². The van der Waals surface area contributed by atoms with Gasteiger partial charge in [0.05, 0.1) is 21.8 Å². The number of hydrogen-bond donors (Lipinski definition) is 1. The van der Waals surface area contributed by atoms with Gasteiger partial charge in [-0.05, 0) is 72.9 Å². The fourth-order valence-corrected chi connectivity index (χ4v) is 4.88. The summed E-state index contributed by atoms with van der Waals surface area (Å²) in [6.07, 6.45) is 1.78. The summed E-state index contributed by atoms with van der Waals surface area (Å²) in [4.78, 5) is 6.63. The smallest absolute Gasteiger partial charge is 0.174 e. The van der Waals surface area contributed by atoms with Crippen molar-refractivity contribution in [3.8, 4) is 11.3 Å². The first-order chi connectivity index (χ1) is 15.5. The molecule has 1 N–H and O–H groups in total. The average Bonchev–Trinajstić information content (AvgIpc) is 3.41. The van der Waals surface area contributed by atoms with Gasteiger partial charge < -0.3 is 14.6 Å². The molecule has 8 heteroatoms. The highest BCUT2D eigenvalue weighted by Crippen LogP contribution is 2.44. The van der Waals surface area contributed by atoms with Gasteiger partial charge in [0.15, 0.2) is 5.11 Å². The number of halogens is 3. The minimum absolute atomic E-state index is 0.193. The van der Waals surface area contributed by atoms with E-state index in [2.05, 4.69) is 31.1 Å². The van der Waals surface area contributed by atoms with Crippen molar-refractivity contribution in [1.82, 2.24) is 10.3 Å². The summed E-state index contributed by atoms with van der Waals surface area (Å²) in [5.74, 6) is 1.38. The van der Waals surface area contributed by atoms with Crippen molar-refractivity contribution in [2.45, 2.75) is 12.1 Å². The van der Waals surface area contributed by atoms with Crippen molar-refractivity contribution in [3.63, 3.8) is 0 Å². The Morgan fingerprint density at radius 2 is 1.78 bits per heavy atom. The number of furan rings is 1. The quantitative estimate of drug-likeness (QED) is 0.268. The maximum absolute atomic E-state index is 6.43. The van der Waals surface area contributed by atoms with E-state index in [4.69, 9.17) is 39.8 Å².